The molecule has 3 heterocycles. The molecule has 10 heteroatoms. The summed E-state index contributed by atoms with van der Waals surface area (Å²) in [6.45, 7) is 10.5. The van der Waals surface area contributed by atoms with Gasteiger partial charge < -0.3 is 24.4 Å². The number of benzene rings is 3. The molecule has 10 nitrogen and oxygen atoms in total. The number of piperazine rings is 1. The van der Waals surface area contributed by atoms with E-state index in [4.69, 9.17) is 24.3 Å². The fourth-order valence-corrected chi connectivity index (χ4v) is 7.30. The summed E-state index contributed by atoms with van der Waals surface area (Å²) in [4.78, 5) is 22.2. The molecule has 1 amide bonds. The summed E-state index contributed by atoms with van der Waals surface area (Å²) in [7, 11) is 2.00. The van der Waals surface area contributed by atoms with Crippen LogP contribution in [0.3, 0.4) is 0 Å². The second-order valence-corrected chi connectivity index (χ2v) is 14.9. The SMILES string of the molecule is Cn1nc(-c2ccc(OCc3ccccc3)nc2OCc2ccccc2)c2ccc(N3CCN(C4CCC(NC(=O)OC(C)(C)C)CC4)CC3)cc21. The minimum absolute atomic E-state index is 0.191. The number of alkyl carbamates (subject to hydrolysis) is 1. The van der Waals surface area contributed by atoms with Crippen LogP contribution in [0.1, 0.15) is 57.6 Å². The van der Waals surface area contributed by atoms with E-state index in [0.29, 0.717) is 31.0 Å². The van der Waals surface area contributed by atoms with Gasteiger partial charge in [0.2, 0.25) is 11.8 Å². The number of aromatic nitrogens is 3. The maximum Gasteiger partial charge on any atom is 0.407 e. The Kier molecular flexibility index (Phi) is 10.6. The van der Waals surface area contributed by atoms with Gasteiger partial charge in [0.1, 0.15) is 24.5 Å². The number of carbonyl (C=O) groups excluding carboxylic acids is 1. The molecule has 1 saturated heterocycles. The first-order valence-electron chi connectivity index (χ1n) is 18.5. The molecule has 2 fully saturated rings. The zero-order chi connectivity index (χ0) is 36.1. The van der Waals surface area contributed by atoms with Gasteiger partial charge >= 0.3 is 6.09 Å². The Morgan fingerprint density at radius 1 is 0.808 bits per heavy atom. The number of carbonyl (C=O) groups is 1. The van der Waals surface area contributed by atoms with E-state index in [0.717, 1.165) is 85.1 Å². The van der Waals surface area contributed by atoms with E-state index < -0.39 is 5.60 Å². The van der Waals surface area contributed by atoms with Gasteiger partial charge in [-0.2, -0.15) is 10.1 Å². The molecule has 2 aromatic heterocycles. The summed E-state index contributed by atoms with van der Waals surface area (Å²) in [6.07, 6.45) is 3.85. The second-order valence-electron chi connectivity index (χ2n) is 14.9. The number of anilines is 1. The van der Waals surface area contributed by atoms with Crippen molar-refractivity contribution < 1.29 is 19.0 Å². The highest BCUT2D eigenvalue weighted by molar-refractivity contribution is 5.96. The van der Waals surface area contributed by atoms with Crippen LogP contribution in [0.2, 0.25) is 0 Å². The predicted molar refractivity (Wildman–Crippen MR) is 205 cm³/mol. The van der Waals surface area contributed by atoms with E-state index in [9.17, 15) is 4.79 Å². The summed E-state index contributed by atoms with van der Waals surface area (Å²) in [5.74, 6) is 0.993. The average molecular weight is 703 g/mol. The Balaban J connectivity index is 1.02. The zero-order valence-corrected chi connectivity index (χ0v) is 30.8. The van der Waals surface area contributed by atoms with Crippen molar-refractivity contribution in [1.82, 2.24) is 25.0 Å². The van der Waals surface area contributed by atoms with Gasteiger partial charge in [-0.1, -0.05) is 60.7 Å². The van der Waals surface area contributed by atoms with Crippen molar-refractivity contribution in [2.75, 3.05) is 31.1 Å². The predicted octanol–water partition coefficient (Wildman–Crippen LogP) is 7.75. The van der Waals surface area contributed by atoms with Gasteiger partial charge in [0.25, 0.3) is 0 Å². The molecule has 7 rings (SSSR count). The van der Waals surface area contributed by atoms with Crippen molar-refractivity contribution in [3.05, 3.63) is 102 Å². The molecule has 3 aromatic carbocycles. The van der Waals surface area contributed by atoms with Crippen LogP contribution in [0, 0.1) is 0 Å². The quantitative estimate of drug-likeness (QED) is 0.158. The smallest absolute Gasteiger partial charge is 0.407 e. The third kappa shape index (κ3) is 8.67. The van der Waals surface area contributed by atoms with Gasteiger partial charge in [-0.3, -0.25) is 9.58 Å². The molecule has 0 radical (unpaired) electrons. The number of hydrogen-bond donors (Lipinski definition) is 1. The van der Waals surface area contributed by atoms with Crippen molar-refractivity contribution in [2.45, 2.75) is 77.4 Å². The van der Waals surface area contributed by atoms with E-state index in [2.05, 4.69) is 33.3 Å². The van der Waals surface area contributed by atoms with Crippen LogP contribution in [-0.4, -0.2) is 69.6 Å². The molecule has 5 aromatic rings. The lowest BCUT2D eigenvalue weighted by atomic mass is 9.90. The minimum Gasteiger partial charge on any atom is -0.473 e. The Morgan fingerprint density at radius 3 is 2.12 bits per heavy atom. The first kappa shape index (κ1) is 35.3. The Bertz CT molecular complexity index is 1940. The number of hydrogen-bond acceptors (Lipinski definition) is 8. The molecule has 1 saturated carbocycles. The standard InChI is InChI=1S/C42H50N6O4/c1-42(2,3)52-41(49)43-32-15-17-33(18-16-32)47-23-25-48(26-24-47)34-19-20-35-37(27-34)46(4)45-39(35)36-21-22-38(50-28-30-11-7-5-8-12-30)44-40(36)51-29-31-13-9-6-10-14-31/h5-14,19-22,27,32-33H,15-18,23-26,28-29H2,1-4H3,(H,43,49). The Morgan fingerprint density at radius 2 is 1.46 bits per heavy atom. The van der Waals surface area contributed by atoms with Crippen LogP contribution in [0.25, 0.3) is 22.2 Å². The molecule has 0 unspecified atom stereocenters. The van der Waals surface area contributed by atoms with Gasteiger partial charge in [0.05, 0.1) is 11.1 Å². The maximum atomic E-state index is 12.3. The van der Waals surface area contributed by atoms with Crippen LogP contribution in [0.15, 0.2) is 91.0 Å². The first-order valence-corrected chi connectivity index (χ1v) is 18.5. The number of nitrogens with zero attached hydrogens (tertiary/aromatic N) is 5. The zero-order valence-electron chi connectivity index (χ0n) is 30.8. The van der Waals surface area contributed by atoms with Crippen molar-refractivity contribution >= 4 is 22.7 Å². The Labute approximate surface area is 306 Å². The summed E-state index contributed by atoms with van der Waals surface area (Å²) in [5, 5.41) is 9.12. The largest absolute Gasteiger partial charge is 0.473 e. The molecule has 272 valence electrons. The van der Waals surface area contributed by atoms with E-state index in [1.54, 1.807) is 0 Å². The van der Waals surface area contributed by atoms with Crippen LogP contribution in [0.5, 0.6) is 11.8 Å². The second kappa shape index (κ2) is 15.7. The molecule has 0 atom stereocenters. The number of aryl methyl sites for hydroxylation is 1. The average Bonchev–Trinajstić information content (AvgIpc) is 3.48. The van der Waals surface area contributed by atoms with Gasteiger partial charge in [0, 0.05) is 62.5 Å². The summed E-state index contributed by atoms with van der Waals surface area (Å²) >= 11 is 0. The highest BCUT2D eigenvalue weighted by atomic mass is 16.6. The summed E-state index contributed by atoms with van der Waals surface area (Å²) in [5.41, 5.74) is 5.57. The molecule has 2 aliphatic rings. The van der Waals surface area contributed by atoms with E-state index in [-0.39, 0.29) is 12.1 Å². The molecule has 1 N–H and O–H groups in total. The summed E-state index contributed by atoms with van der Waals surface area (Å²) in [6, 6.07) is 31.5. The highest BCUT2D eigenvalue weighted by Gasteiger charge is 2.30. The number of rotatable bonds is 10. The number of amides is 1. The minimum atomic E-state index is -0.478. The van der Waals surface area contributed by atoms with Crippen molar-refractivity contribution in [1.29, 1.82) is 0 Å². The normalized spacial score (nSPS) is 18.3. The third-order valence-corrected chi connectivity index (χ3v) is 9.99. The molecular weight excluding hydrogens is 652 g/mol. The van der Waals surface area contributed by atoms with Crippen LogP contribution in [-0.2, 0) is 25.0 Å². The number of pyridine rings is 1. The number of ether oxygens (including phenoxy) is 3. The monoisotopic (exact) mass is 702 g/mol. The fraction of sp³-hybridized carbons (Fsp3) is 0.405. The van der Waals surface area contributed by atoms with Crippen LogP contribution >= 0.6 is 0 Å². The Hall–Kier alpha value is -5.09. The molecule has 52 heavy (non-hydrogen) atoms. The van der Waals surface area contributed by atoms with Gasteiger partial charge in [-0.25, -0.2) is 4.79 Å². The van der Waals surface area contributed by atoms with Crippen molar-refractivity contribution in [3.8, 4) is 23.0 Å². The van der Waals surface area contributed by atoms with Crippen LogP contribution in [0.4, 0.5) is 10.5 Å². The highest BCUT2D eigenvalue weighted by Crippen LogP contribution is 2.37. The molecule has 1 aliphatic heterocycles. The molecule has 1 aliphatic carbocycles. The fourth-order valence-electron chi connectivity index (χ4n) is 7.30. The van der Waals surface area contributed by atoms with Gasteiger partial charge in [0.15, 0.2) is 0 Å². The van der Waals surface area contributed by atoms with Crippen molar-refractivity contribution in [2.24, 2.45) is 7.05 Å². The lowest BCUT2D eigenvalue weighted by Gasteiger charge is -2.42. The van der Waals surface area contributed by atoms with Gasteiger partial charge in [-0.15, -0.1) is 0 Å². The molecule has 0 spiro atoms. The number of fused-ring (bicyclic) bond motifs is 1. The molecule has 0 bridgehead atoms. The van der Waals surface area contributed by atoms with E-state index in [1.807, 2.05) is 105 Å². The third-order valence-electron chi connectivity index (χ3n) is 9.99. The lowest BCUT2D eigenvalue weighted by Crippen LogP contribution is -2.52. The van der Waals surface area contributed by atoms with Crippen LogP contribution < -0.4 is 19.7 Å². The lowest BCUT2D eigenvalue weighted by molar-refractivity contribution is 0.0475. The topological polar surface area (TPSA) is 94.0 Å². The maximum absolute atomic E-state index is 12.3. The molecular formula is C42H50N6O4. The van der Waals surface area contributed by atoms with E-state index >= 15 is 0 Å². The van der Waals surface area contributed by atoms with Gasteiger partial charge in [-0.05, 0) is 81.8 Å². The van der Waals surface area contributed by atoms with E-state index in [1.165, 1.54) is 5.69 Å². The van der Waals surface area contributed by atoms with Crippen molar-refractivity contribution in [3.63, 3.8) is 0 Å². The first-order chi connectivity index (χ1) is 25.2. The summed E-state index contributed by atoms with van der Waals surface area (Å²) < 4.78 is 19.9. The number of nitrogens with one attached hydrogen (secondary N) is 1.